The predicted molar refractivity (Wildman–Crippen MR) is 102 cm³/mol. The Kier molecular flexibility index (Phi) is 8.72. The second-order valence-electron chi connectivity index (χ2n) is 7.11. The molecule has 1 aliphatic rings. The molecule has 1 atom stereocenters. The van der Waals surface area contributed by atoms with Crippen molar-refractivity contribution in [3.8, 4) is 0 Å². The summed E-state index contributed by atoms with van der Waals surface area (Å²) in [5.74, 6) is 0. The van der Waals surface area contributed by atoms with Crippen LogP contribution in [-0.2, 0) is 0 Å². The average molecular weight is 381 g/mol. The average Bonchev–Trinajstić information content (AvgIpc) is 2.54. The Hall–Kier alpha value is -0.301. The van der Waals surface area contributed by atoms with Gasteiger partial charge in [-0.05, 0) is 0 Å². The number of benzene rings is 1. The number of hydrogen-bond acceptors (Lipinski definition) is 1. The van der Waals surface area contributed by atoms with Crippen LogP contribution in [0.25, 0.3) is 0 Å². The Balaban J connectivity index is 1.64. The molecule has 1 aromatic carbocycles. The molecular weight excluding hydrogens is 347 g/mol. The summed E-state index contributed by atoms with van der Waals surface area (Å²) in [6, 6.07) is 10.8. The molecule has 1 fully saturated rings. The number of aliphatic hydroxyl groups excluding tert-OH is 1. The fraction of sp³-hybridized carbons (Fsp3) is 0.714. The number of rotatable bonds is 12. The van der Waals surface area contributed by atoms with E-state index in [-0.39, 0.29) is 10.4 Å². The summed E-state index contributed by atoms with van der Waals surface area (Å²) in [6.45, 7) is 2.27. The van der Waals surface area contributed by atoms with Gasteiger partial charge in [0, 0.05) is 0 Å². The summed E-state index contributed by atoms with van der Waals surface area (Å²) in [5.41, 5.74) is 0. The molecule has 1 aliphatic carbocycles. The molecule has 0 saturated heterocycles. The van der Waals surface area contributed by atoms with Crippen LogP contribution in [0.15, 0.2) is 30.3 Å². The van der Waals surface area contributed by atoms with E-state index >= 15 is 0 Å². The van der Waals surface area contributed by atoms with Gasteiger partial charge >= 0.3 is 149 Å². The van der Waals surface area contributed by atoms with Crippen molar-refractivity contribution in [3.63, 3.8) is 0 Å². The molecule has 1 N–H and O–H groups in total. The van der Waals surface area contributed by atoms with E-state index in [1.807, 2.05) is 0 Å². The van der Waals surface area contributed by atoms with E-state index in [1.165, 1.54) is 75.1 Å². The molecule has 0 aliphatic heterocycles. The maximum atomic E-state index is 10.8. The van der Waals surface area contributed by atoms with Crippen LogP contribution in [0.5, 0.6) is 0 Å². The Labute approximate surface area is 149 Å². The topological polar surface area (TPSA) is 20.2 Å². The molecule has 0 heterocycles. The minimum atomic E-state index is -0.0726. The molecule has 0 amide bonds. The third-order valence-corrected chi connectivity index (χ3v) is 8.55. The zero-order valence-electron chi connectivity index (χ0n) is 14.8. The van der Waals surface area contributed by atoms with E-state index in [9.17, 15) is 5.11 Å². The molecule has 2 heteroatoms. The first-order chi connectivity index (χ1) is 11.3. The third-order valence-electron chi connectivity index (χ3n) is 5.20. The molecule has 1 nitrogen and oxygen atoms in total. The van der Waals surface area contributed by atoms with Crippen molar-refractivity contribution in [1.29, 1.82) is 0 Å². The second kappa shape index (κ2) is 10.5. The van der Waals surface area contributed by atoms with E-state index < -0.39 is 0 Å². The van der Waals surface area contributed by atoms with Crippen molar-refractivity contribution in [1.82, 2.24) is 0 Å². The van der Waals surface area contributed by atoms with Gasteiger partial charge in [-0.2, -0.15) is 0 Å². The number of hydrogen-bond donors (Lipinski definition) is 1. The molecule has 130 valence electrons. The molecule has 0 aromatic heterocycles. The minimum absolute atomic E-state index is 0.0726. The Morgan fingerprint density at radius 2 is 1.57 bits per heavy atom. The molecule has 1 saturated carbocycles. The number of aliphatic hydroxyl groups is 1. The van der Waals surface area contributed by atoms with Gasteiger partial charge in [0.2, 0.25) is 0 Å². The maximum absolute atomic E-state index is 10.8. The molecule has 0 radical (unpaired) electrons. The zero-order chi connectivity index (χ0) is 16.4. The molecule has 23 heavy (non-hydrogen) atoms. The normalized spacial score (nSPS) is 17.7. The number of unbranched alkanes of at least 4 members (excludes halogenated alkanes) is 7. The predicted octanol–water partition coefficient (Wildman–Crippen LogP) is 5.25. The summed E-state index contributed by atoms with van der Waals surface area (Å²) < 4.78 is 1.70. The van der Waals surface area contributed by atoms with Crippen LogP contribution in [-0.4, -0.2) is 26.2 Å². The first-order valence-electron chi connectivity index (χ1n) is 9.69. The first-order valence-corrected chi connectivity index (χ1v) is 11.4. The van der Waals surface area contributed by atoms with Gasteiger partial charge in [-0.1, -0.05) is 0 Å². The fourth-order valence-corrected chi connectivity index (χ4v) is 6.65. The third kappa shape index (κ3) is 6.25. The van der Waals surface area contributed by atoms with Crippen LogP contribution in [0.4, 0.5) is 0 Å². The summed E-state index contributed by atoms with van der Waals surface area (Å²) >= 11 is 0.423. The van der Waals surface area contributed by atoms with E-state index in [0.29, 0.717) is 15.0 Å². The van der Waals surface area contributed by atoms with Gasteiger partial charge in [-0.25, -0.2) is 0 Å². The summed E-state index contributed by atoms with van der Waals surface area (Å²) in [7, 11) is 0. The Bertz CT molecular complexity index is 413. The fourth-order valence-electron chi connectivity index (χ4n) is 3.49. The van der Waals surface area contributed by atoms with Gasteiger partial charge in [-0.3, -0.25) is 0 Å². The van der Waals surface area contributed by atoms with E-state index in [2.05, 4.69) is 37.3 Å². The Morgan fingerprint density at radius 1 is 0.957 bits per heavy atom. The van der Waals surface area contributed by atoms with Crippen LogP contribution in [0.1, 0.15) is 84.0 Å². The summed E-state index contributed by atoms with van der Waals surface area (Å²) in [4.78, 5) is 0. The zero-order valence-corrected chi connectivity index (χ0v) is 16.5. The molecular formula is C21H34OSe. The molecule has 0 spiro atoms. The van der Waals surface area contributed by atoms with Crippen molar-refractivity contribution in [2.45, 2.75) is 94.4 Å². The van der Waals surface area contributed by atoms with E-state index in [1.54, 1.807) is 0 Å². The van der Waals surface area contributed by atoms with Crippen molar-refractivity contribution >= 4 is 19.4 Å². The summed E-state index contributed by atoms with van der Waals surface area (Å²) in [5, 5.41) is 10.8. The van der Waals surface area contributed by atoms with Crippen molar-refractivity contribution < 1.29 is 5.11 Å². The second-order valence-corrected chi connectivity index (χ2v) is 10.2. The van der Waals surface area contributed by atoms with Crippen molar-refractivity contribution in [2.75, 3.05) is 0 Å². The summed E-state index contributed by atoms with van der Waals surface area (Å²) in [6.07, 6.45) is 15.5. The van der Waals surface area contributed by atoms with Crippen LogP contribution < -0.4 is 4.46 Å². The van der Waals surface area contributed by atoms with Gasteiger partial charge in [0.25, 0.3) is 0 Å². The van der Waals surface area contributed by atoms with Gasteiger partial charge in [0.15, 0.2) is 0 Å². The Morgan fingerprint density at radius 3 is 2.13 bits per heavy atom. The van der Waals surface area contributed by atoms with Gasteiger partial charge in [-0.15, -0.1) is 0 Å². The first kappa shape index (κ1) is 19.0. The molecule has 2 rings (SSSR count). The van der Waals surface area contributed by atoms with Crippen molar-refractivity contribution in [2.24, 2.45) is 0 Å². The van der Waals surface area contributed by atoms with Crippen LogP contribution in [0.2, 0.25) is 4.31 Å². The van der Waals surface area contributed by atoms with Gasteiger partial charge in [0.1, 0.15) is 0 Å². The molecule has 1 aromatic rings. The molecule has 0 bridgehead atoms. The van der Waals surface area contributed by atoms with Crippen LogP contribution >= 0.6 is 0 Å². The molecule has 1 unspecified atom stereocenters. The monoisotopic (exact) mass is 382 g/mol. The standard InChI is InChI=1S/C21H34OSe/c1-2-3-4-5-6-7-8-12-16-20(22)21(17-13-18-21)23-19-14-10-9-11-15-19/h9-11,14-15,20,22H,2-8,12-13,16-18H2,1H3. The van der Waals surface area contributed by atoms with E-state index in [4.69, 9.17) is 0 Å². The SMILES string of the molecule is CCCCCCCCCCC(O)C1([Se]c2ccccc2)CCC1. The van der Waals surface area contributed by atoms with Gasteiger partial charge < -0.3 is 0 Å². The van der Waals surface area contributed by atoms with Crippen LogP contribution in [0.3, 0.4) is 0 Å². The quantitative estimate of drug-likeness (QED) is 0.387. The van der Waals surface area contributed by atoms with Gasteiger partial charge in [0.05, 0.1) is 0 Å². The van der Waals surface area contributed by atoms with E-state index in [0.717, 1.165) is 6.42 Å². The van der Waals surface area contributed by atoms with Crippen LogP contribution in [0, 0.1) is 0 Å². The van der Waals surface area contributed by atoms with Crippen molar-refractivity contribution in [3.05, 3.63) is 30.3 Å².